The molecule has 0 amide bonds. The lowest BCUT2D eigenvalue weighted by atomic mass is 10.1. The molecule has 0 spiro atoms. The van der Waals surface area contributed by atoms with Gasteiger partial charge in [0.15, 0.2) is 0 Å². The van der Waals surface area contributed by atoms with Crippen molar-refractivity contribution in [3.63, 3.8) is 0 Å². The maximum Gasteiger partial charge on any atom is 0.215 e. The SMILES string of the molecule is CC(C)c1c(N)ncnc1Sc1nnnn1C1CCCC1. The standard InChI is InChI=1S/C13H19N7S/c1-8(2)10-11(14)15-7-16-12(10)21-13-17-18-19-20(13)9-5-3-4-6-9/h7-9H,3-6H2,1-2H3,(H2,14,15,16). The lowest BCUT2D eigenvalue weighted by Gasteiger charge is -2.14. The van der Waals surface area contributed by atoms with Crippen molar-refractivity contribution in [3.05, 3.63) is 11.9 Å². The van der Waals surface area contributed by atoms with Crippen molar-refractivity contribution in [2.24, 2.45) is 0 Å². The minimum atomic E-state index is 0.254. The zero-order chi connectivity index (χ0) is 14.8. The summed E-state index contributed by atoms with van der Waals surface area (Å²) in [6.45, 7) is 4.16. The Morgan fingerprint density at radius 3 is 2.76 bits per heavy atom. The third kappa shape index (κ3) is 2.85. The number of rotatable bonds is 4. The summed E-state index contributed by atoms with van der Waals surface area (Å²) >= 11 is 1.47. The fraction of sp³-hybridized carbons (Fsp3) is 0.615. The molecule has 112 valence electrons. The van der Waals surface area contributed by atoms with Crippen LogP contribution in [0.15, 0.2) is 16.5 Å². The fourth-order valence-electron chi connectivity index (χ4n) is 2.73. The second-order valence-electron chi connectivity index (χ2n) is 5.58. The van der Waals surface area contributed by atoms with Gasteiger partial charge in [0, 0.05) is 5.56 Å². The maximum atomic E-state index is 5.99. The summed E-state index contributed by atoms with van der Waals surface area (Å²) in [5.41, 5.74) is 6.95. The van der Waals surface area contributed by atoms with E-state index in [9.17, 15) is 0 Å². The topological polar surface area (TPSA) is 95.4 Å². The van der Waals surface area contributed by atoms with Gasteiger partial charge in [-0.1, -0.05) is 26.7 Å². The van der Waals surface area contributed by atoms with Gasteiger partial charge in [-0.15, -0.1) is 5.10 Å². The van der Waals surface area contributed by atoms with Crippen LogP contribution in [0.4, 0.5) is 5.82 Å². The van der Waals surface area contributed by atoms with Crippen molar-refractivity contribution in [3.8, 4) is 0 Å². The van der Waals surface area contributed by atoms with E-state index in [1.807, 2.05) is 4.68 Å². The Labute approximate surface area is 127 Å². The van der Waals surface area contributed by atoms with E-state index in [1.54, 1.807) is 0 Å². The predicted octanol–water partition coefficient (Wildman–Crippen LogP) is 2.44. The van der Waals surface area contributed by atoms with Crippen LogP contribution in [0.5, 0.6) is 0 Å². The summed E-state index contributed by atoms with van der Waals surface area (Å²) in [6.07, 6.45) is 6.26. The molecule has 2 N–H and O–H groups in total. The lowest BCUT2D eigenvalue weighted by molar-refractivity contribution is 0.423. The average molecular weight is 305 g/mol. The number of anilines is 1. The monoisotopic (exact) mass is 305 g/mol. The summed E-state index contributed by atoms with van der Waals surface area (Å²) < 4.78 is 1.93. The molecule has 8 heteroatoms. The molecule has 1 saturated carbocycles. The molecular weight excluding hydrogens is 286 g/mol. The van der Waals surface area contributed by atoms with E-state index in [0.29, 0.717) is 11.9 Å². The number of hydrogen-bond acceptors (Lipinski definition) is 7. The van der Waals surface area contributed by atoms with Gasteiger partial charge in [0.2, 0.25) is 5.16 Å². The lowest BCUT2D eigenvalue weighted by Crippen LogP contribution is -2.09. The first-order valence-electron chi connectivity index (χ1n) is 7.23. The molecular formula is C13H19N7S. The zero-order valence-corrected chi connectivity index (χ0v) is 13.0. The highest BCUT2D eigenvalue weighted by Crippen LogP contribution is 2.36. The van der Waals surface area contributed by atoms with Crippen LogP contribution < -0.4 is 5.73 Å². The van der Waals surface area contributed by atoms with Crippen LogP contribution in [-0.2, 0) is 0 Å². The van der Waals surface area contributed by atoms with Crippen molar-refractivity contribution in [1.82, 2.24) is 30.2 Å². The van der Waals surface area contributed by atoms with E-state index >= 15 is 0 Å². The van der Waals surface area contributed by atoms with Crippen molar-refractivity contribution in [2.75, 3.05) is 5.73 Å². The average Bonchev–Trinajstić information content (AvgIpc) is 3.08. The van der Waals surface area contributed by atoms with E-state index in [2.05, 4.69) is 39.3 Å². The molecule has 1 fully saturated rings. The third-order valence-electron chi connectivity index (χ3n) is 3.78. The number of aromatic nitrogens is 6. The summed E-state index contributed by atoms with van der Waals surface area (Å²) in [5, 5.41) is 13.7. The molecule has 2 aromatic rings. The van der Waals surface area contributed by atoms with Gasteiger partial charge in [0.1, 0.15) is 17.2 Å². The normalized spacial score (nSPS) is 16.0. The minimum Gasteiger partial charge on any atom is -0.383 e. The molecule has 1 aliphatic rings. The summed E-state index contributed by atoms with van der Waals surface area (Å²) in [6, 6.07) is 0.407. The van der Waals surface area contributed by atoms with Crippen LogP contribution in [0.1, 0.15) is 57.1 Å². The van der Waals surface area contributed by atoms with Crippen LogP contribution in [0.25, 0.3) is 0 Å². The van der Waals surface area contributed by atoms with Crippen LogP contribution in [-0.4, -0.2) is 30.2 Å². The van der Waals surface area contributed by atoms with Crippen LogP contribution >= 0.6 is 11.8 Å². The first-order chi connectivity index (χ1) is 10.2. The Balaban J connectivity index is 1.91. The summed E-state index contributed by atoms with van der Waals surface area (Å²) in [5.74, 6) is 0.784. The van der Waals surface area contributed by atoms with E-state index in [1.165, 1.54) is 30.9 Å². The first kappa shape index (κ1) is 14.2. The van der Waals surface area contributed by atoms with Gasteiger partial charge in [-0.05, 0) is 40.9 Å². The maximum absolute atomic E-state index is 5.99. The summed E-state index contributed by atoms with van der Waals surface area (Å²) in [4.78, 5) is 8.45. The summed E-state index contributed by atoms with van der Waals surface area (Å²) in [7, 11) is 0. The molecule has 7 nitrogen and oxygen atoms in total. The Morgan fingerprint density at radius 2 is 2.05 bits per heavy atom. The second-order valence-corrected chi connectivity index (χ2v) is 6.53. The predicted molar refractivity (Wildman–Crippen MR) is 80.0 cm³/mol. The number of tetrazole rings is 1. The van der Waals surface area contributed by atoms with Crippen LogP contribution in [0.2, 0.25) is 0 Å². The Morgan fingerprint density at radius 1 is 1.29 bits per heavy atom. The molecule has 3 rings (SSSR count). The number of nitrogens with zero attached hydrogens (tertiary/aromatic N) is 6. The first-order valence-corrected chi connectivity index (χ1v) is 8.04. The molecule has 0 radical (unpaired) electrons. The van der Waals surface area contributed by atoms with Gasteiger partial charge in [-0.2, -0.15) is 0 Å². The van der Waals surface area contributed by atoms with Crippen molar-refractivity contribution < 1.29 is 0 Å². The van der Waals surface area contributed by atoms with E-state index in [0.717, 1.165) is 28.6 Å². The zero-order valence-electron chi connectivity index (χ0n) is 12.2. The highest BCUT2D eigenvalue weighted by Gasteiger charge is 2.23. The number of nitrogens with two attached hydrogens (primary N) is 1. The van der Waals surface area contributed by atoms with Gasteiger partial charge >= 0.3 is 0 Å². The third-order valence-corrected chi connectivity index (χ3v) is 4.75. The molecule has 2 aromatic heterocycles. The molecule has 2 heterocycles. The van der Waals surface area contributed by atoms with Crippen LogP contribution in [0, 0.1) is 0 Å². The highest BCUT2D eigenvalue weighted by molar-refractivity contribution is 7.99. The van der Waals surface area contributed by atoms with Gasteiger partial charge in [0.25, 0.3) is 0 Å². The van der Waals surface area contributed by atoms with Crippen molar-refractivity contribution in [2.45, 2.75) is 61.7 Å². The molecule has 21 heavy (non-hydrogen) atoms. The Hall–Kier alpha value is -1.70. The molecule has 1 aliphatic carbocycles. The quantitative estimate of drug-likeness (QED) is 0.867. The van der Waals surface area contributed by atoms with Gasteiger partial charge < -0.3 is 5.73 Å². The second kappa shape index (κ2) is 5.97. The fourth-order valence-corrected chi connectivity index (χ4v) is 3.81. The number of hydrogen-bond donors (Lipinski definition) is 1. The number of nitrogen functional groups attached to an aromatic ring is 1. The minimum absolute atomic E-state index is 0.254. The van der Waals surface area contributed by atoms with Crippen LogP contribution in [0.3, 0.4) is 0 Å². The molecule has 0 bridgehead atoms. The van der Waals surface area contributed by atoms with Crippen molar-refractivity contribution >= 4 is 17.6 Å². The molecule has 0 saturated heterocycles. The van der Waals surface area contributed by atoms with Crippen molar-refractivity contribution in [1.29, 1.82) is 0 Å². The highest BCUT2D eigenvalue weighted by atomic mass is 32.2. The van der Waals surface area contributed by atoms with Gasteiger partial charge in [0.05, 0.1) is 6.04 Å². The van der Waals surface area contributed by atoms with E-state index in [-0.39, 0.29) is 5.92 Å². The van der Waals surface area contributed by atoms with Gasteiger partial charge in [-0.3, -0.25) is 0 Å². The molecule has 0 aromatic carbocycles. The molecule has 0 aliphatic heterocycles. The Kier molecular flexibility index (Phi) is 4.05. The molecule has 0 atom stereocenters. The van der Waals surface area contributed by atoms with E-state index in [4.69, 9.17) is 5.73 Å². The largest absolute Gasteiger partial charge is 0.383 e. The van der Waals surface area contributed by atoms with Gasteiger partial charge in [-0.25, -0.2) is 14.6 Å². The Bertz CT molecular complexity index is 619. The smallest absolute Gasteiger partial charge is 0.215 e. The molecule has 0 unspecified atom stereocenters. The van der Waals surface area contributed by atoms with E-state index < -0.39 is 0 Å².